The van der Waals surface area contributed by atoms with E-state index in [4.69, 9.17) is 4.74 Å². The summed E-state index contributed by atoms with van der Waals surface area (Å²) < 4.78 is 5.46. The molecule has 1 aliphatic rings. The van der Waals surface area contributed by atoms with Crippen molar-refractivity contribution in [2.24, 2.45) is 5.92 Å². The smallest absolute Gasteiger partial charge is 0.111 e. The van der Waals surface area contributed by atoms with Crippen LogP contribution in [0.4, 0.5) is 0 Å². The van der Waals surface area contributed by atoms with E-state index in [1.807, 2.05) is 13.8 Å². The lowest BCUT2D eigenvalue weighted by molar-refractivity contribution is -0.225. The second-order valence-electron chi connectivity index (χ2n) is 4.04. The Labute approximate surface area is 89.3 Å². The van der Waals surface area contributed by atoms with Crippen molar-refractivity contribution < 1.29 is 20.1 Å². The van der Waals surface area contributed by atoms with E-state index in [-0.39, 0.29) is 5.92 Å². The summed E-state index contributed by atoms with van der Waals surface area (Å²) in [5, 5.41) is 28.7. The Kier molecular flexibility index (Phi) is 4.21. The Morgan fingerprint density at radius 1 is 1.14 bits per heavy atom. The van der Waals surface area contributed by atoms with E-state index >= 15 is 0 Å². The highest BCUT2D eigenvalue weighted by Gasteiger charge is 2.43. The molecule has 4 nitrogen and oxygen atoms in total. The van der Waals surface area contributed by atoms with E-state index < -0.39 is 30.5 Å². The summed E-state index contributed by atoms with van der Waals surface area (Å²) in [5.41, 5.74) is 0. The van der Waals surface area contributed by atoms with Crippen molar-refractivity contribution >= 4 is 12.6 Å². The van der Waals surface area contributed by atoms with E-state index in [1.165, 1.54) is 0 Å². The molecule has 1 aliphatic heterocycles. The molecule has 0 amide bonds. The molecule has 1 rings (SSSR count). The van der Waals surface area contributed by atoms with Crippen LogP contribution in [0.3, 0.4) is 0 Å². The van der Waals surface area contributed by atoms with Crippen molar-refractivity contribution in [3.8, 4) is 0 Å². The molecular weight excluding hydrogens is 204 g/mol. The molecule has 0 spiro atoms. The molecule has 0 aliphatic carbocycles. The lowest BCUT2D eigenvalue weighted by Gasteiger charge is -2.41. The monoisotopic (exact) mass is 222 g/mol. The van der Waals surface area contributed by atoms with Gasteiger partial charge in [-0.3, -0.25) is 0 Å². The maximum absolute atomic E-state index is 9.63. The summed E-state index contributed by atoms with van der Waals surface area (Å²) in [7, 11) is 0. The topological polar surface area (TPSA) is 69.9 Å². The fraction of sp³-hybridized carbons (Fsp3) is 1.00. The van der Waals surface area contributed by atoms with Gasteiger partial charge in [0.05, 0.1) is 12.2 Å². The number of hydrogen-bond donors (Lipinski definition) is 4. The molecule has 5 heteroatoms. The number of rotatable bonds is 2. The van der Waals surface area contributed by atoms with Crippen molar-refractivity contribution in [1.29, 1.82) is 0 Å². The summed E-state index contributed by atoms with van der Waals surface area (Å²) in [5.74, 6) is 0.420. The van der Waals surface area contributed by atoms with Crippen LogP contribution in [0.2, 0.25) is 0 Å². The minimum absolute atomic E-state index is 0.0922. The van der Waals surface area contributed by atoms with Gasteiger partial charge >= 0.3 is 0 Å². The maximum Gasteiger partial charge on any atom is 0.111 e. The quantitative estimate of drug-likeness (QED) is 0.472. The first-order valence-electron chi connectivity index (χ1n) is 4.79. The normalized spacial score (nSPS) is 44.4. The molecule has 84 valence electrons. The fourth-order valence-corrected chi connectivity index (χ4v) is 1.98. The molecule has 0 aromatic carbocycles. The lowest BCUT2D eigenvalue weighted by atomic mass is 9.90. The number of aliphatic hydroxyl groups excluding tert-OH is 3. The van der Waals surface area contributed by atoms with Gasteiger partial charge in [-0.1, -0.05) is 13.8 Å². The number of thiol groups is 1. The molecule has 1 fully saturated rings. The second-order valence-corrected chi connectivity index (χ2v) is 4.40. The van der Waals surface area contributed by atoms with E-state index in [1.54, 1.807) is 0 Å². The zero-order valence-corrected chi connectivity index (χ0v) is 9.26. The minimum Gasteiger partial charge on any atom is -0.388 e. The predicted octanol–water partition coefficient (Wildman–Crippen LogP) is -0.578. The van der Waals surface area contributed by atoms with Gasteiger partial charge < -0.3 is 20.1 Å². The predicted molar refractivity (Wildman–Crippen MR) is 55.4 cm³/mol. The fourth-order valence-electron chi connectivity index (χ4n) is 1.68. The van der Waals surface area contributed by atoms with Crippen LogP contribution in [-0.2, 0) is 4.74 Å². The van der Waals surface area contributed by atoms with Crippen molar-refractivity contribution in [3.63, 3.8) is 0 Å². The third-order valence-corrected chi connectivity index (χ3v) is 2.95. The first-order valence-corrected chi connectivity index (χ1v) is 5.42. The molecule has 1 heterocycles. The molecule has 0 aromatic heterocycles. The van der Waals surface area contributed by atoms with Crippen LogP contribution in [0, 0.1) is 5.92 Å². The highest BCUT2D eigenvalue weighted by atomic mass is 32.1. The van der Waals surface area contributed by atoms with Gasteiger partial charge in [-0.15, -0.1) is 0 Å². The summed E-state index contributed by atoms with van der Waals surface area (Å²) in [6.45, 7) is 3.79. The van der Waals surface area contributed by atoms with Gasteiger partial charge in [0.2, 0.25) is 0 Å². The van der Waals surface area contributed by atoms with Gasteiger partial charge in [-0.25, -0.2) is 0 Å². The first kappa shape index (κ1) is 12.3. The SMILES string of the molecule is CC(C)[C@@H]1OC(CS)[C@@H](O)C(O)[C@@H]1O. The molecule has 5 atom stereocenters. The highest BCUT2D eigenvalue weighted by Crippen LogP contribution is 2.26. The number of aliphatic hydroxyl groups is 3. The third kappa shape index (κ3) is 2.23. The van der Waals surface area contributed by atoms with Crippen molar-refractivity contribution in [1.82, 2.24) is 0 Å². The molecule has 2 unspecified atom stereocenters. The first-order chi connectivity index (χ1) is 6.49. The van der Waals surface area contributed by atoms with Crippen LogP contribution in [0.15, 0.2) is 0 Å². The highest BCUT2D eigenvalue weighted by molar-refractivity contribution is 7.80. The lowest BCUT2D eigenvalue weighted by Crippen LogP contribution is -2.59. The summed E-state index contributed by atoms with van der Waals surface area (Å²) in [4.78, 5) is 0. The Bertz CT molecular complexity index is 186. The van der Waals surface area contributed by atoms with Crippen LogP contribution in [0.25, 0.3) is 0 Å². The van der Waals surface area contributed by atoms with E-state index in [9.17, 15) is 15.3 Å². The zero-order chi connectivity index (χ0) is 10.9. The van der Waals surface area contributed by atoms with Gasteiger partial charge in [0.15, 0.2) is 0 Å². The standard InChI is InChI=1S/C9H18O4S/c1-4(2)9-8(12)7(11)6(10)5(3-14)13-9/h4-12,14H,3H2,1-2H3/t5?,6-,7?,8+,9+/m1/s1. The average molecular weight is 222 g/mol. The van der Waals surface area contributed by atoms with Gasteiger partial charge in [-0.05, 0) is 5.92 Å². The largest absolute Gasteiger partial charge is 0.388 e. The minimum atomic E-state index is -1.15. The van der Waals surface area contributed by atoms with Crippen LogP contribution in [0.5, 0.6) is 0 Å². The van der Waals surface area contributed by atoms with Crippen molar-refractivity contribution in [2.45, 2.75) is 44.4 Å². The van der Waals surface area contributed by atoms with Crippen molar-refractivity contribution in [3.05, 3.63) is 0 Å². The molecule has 0 radical (unpaired) electrons. The van der Waals surface area contributed by atoms with Gasteiger partial charge in [-0.2, -0.15) is 12.6 Å². The van der Waals surface area contributed by atoms with E-state index in [0.717, 1.165) is 0 Å². The van der Waals surface area contributed by atoms with Crippen LogP contribution in [-0.4, -0.2) is 51.6 Å². The molecule has 0 saturated carbocycles. The molecular formula is C9H18O4S. The van der Waals surface area contributed by atoms with Crippen molar-refractivity contribution in [2.75, 3.05) is 5.75 Å². The van der Waals surface area contributed by atoms with Gasteiger partial charge in [0.1, 0.15) is 18.3 Å². The maximum atomic E-state index is 9.63. The Balaban J connectivity index is 2.73. The Morgan fingerprint density at radius 3 is 2.14 bits per heavy atom. The Hall–Kier alpha value is 0.190. The van der Waals surface area contributed by atoms with E-state index in [0.29, 0.717) is 5.75 Å². The molecule has 0 bridgehead atoms. The van der Waals surface area contributed by atoms with Crippen LogP contribution in [0.1, 0.15) is 13.8 Å². The summed E-state index contributed by atoms with van der Waals surface area (Å²) in [6.07, 6.45) is -4.18. The summed E-state index contributed by atoms with van der Waals surface area (Å²) >= 11 is 4.02. The zero-order valence-electron chi connectivity index (χ0n) is 8.37. The Morgan fingerprint density at radius 2 is 1.71 bits per heavy atom. The molecule has 1 saturated heterocycles. The van der Waals surface area contributed by atoms with Crippen LogP contribution >= 0.6 is 12.6 Å². The van der Waals surface area contributed by atoms with E-state index in [2.05, 4.69) is 12.6 Å². The van der Waals surface area contributed by atoms with Crippen LogP contribution < -0.4 is 0 Å². The van der Waals surface area contributed by atoms with Gasteiger partial charge in [0.25, 0.3) is 0 Å². The molecule has 3 N–H and O–H groups in total. The van der Waals surface area contributed by atoms with Gasteiger partial charge in [0, 0.05) is 5.75 Å². The summed E-state index contributed by atoms with van der Waals surface area (Å²) in [6, 6.07) is 0. The second kappa shape index (κ2) is 4.81. The number of ether oxygens (including phenoxy) is 1. The average Bonchev–Trinajstić information content (AvgIpc) is 2.14. The third-order valence-electron chi connectivity index (χ3n) is 2.59. The number of hydrogen-bond acceptors (Lipinski definition) is 5. The molecule has 0 aromatic rings. The molecule has 14 heavy (non-hydrogen) atoms.